The predicted octanol–water partition coefficient (Wildman–Crippen LogP) is -0.0250. The summed E-state index contributed by atoms with van der Waals surface area (Å²) < 4.78 is 0. The molecule has 1 aromatic heterocycles. The molecule has 0 amide bonds. The zero-order chi connectivity index (χ0) is 6.69. The molecule has 0 aromatic carbocycles. The first-order chi connectivity index (χ1) is 4.30. The van der Waals surface area contributed by atoms with E-state index in [4.69, 9.17) is 5.11 Å². The van der Waals surface area contributed by atoms with Crippen molar-refractivity contribution in [2.75, 3.05) is 0 Å². The summed E-state index contributed by atoms with van der Waals surface area (Å²) in [4.78, 5) is 16.9. The van der Waals surface area contributed by atoms with Gasteiger partial charge in [-0.25, -0.2) is 14.8 Å². The zero-order valence-corrected chi connectivity index (χ0v) is 4.40. The second-order valence-corrected chi connectivity index (χ2v) is 1.31. The summed E-state index contributed by atoms with van der Waals surface area (Å²) in [6.07, 6.45) is 2.52. The molecule has 4 heteroatoms. The molecule has 0 saturated carbocycles. The van der Waals surface area contributed by atoms with Crippen LogP contribution in [0.2, 0.25) is 0 Å². The summed E-state index contributed by atoms with van der Waals surface area (Å²) in [6.45, 7) is 0. The van der Waals surface area contributed by atoms with Gasteiger partial charge in [-0.15, -0.1) is 0 Å². The SMILES string of the molecule is O=C(O)c1nc[c]cn1. The third kappa shape index (κ3) is 1.22. The first-order valence-electron chi connectivity index (χ1n) is 2.22. The quantitative estimate of drug-likeness (QED) is 0.569. The minimum Gasteiger partial charge on any atom is -0.475 e. The molecule has 0 spiro atoms. The van der Waals surface area contributed by atoms with Crippen LogP contribution in [0.4, 0.5) is 0 Å². The van der Waals surface area contributed by atoms with Gasteiger partial charge < -0.3 is 5.11 Å². The minimum absolute atomic E-state index is 0.200. The Morgan fingerprint density at radius 1 is 1.56 bits per heavy atom. The van der Waals surface area contributed by atoms with E-state index >= 15 is 0 Å². The van der Waals surface area contributed by atoms with E-state index in [1.165, 1.54) is 12.4 Å². The molecule has 1 N–H and O–H groups in total. The molecule has 0 aliphatic carbocycles. The van der Waals surface area contributed by atoms with Gasteiger partial charge >= 0.3 is 5.97 Å². The highest BCUT2D eigenvalue weighted by molar-refractivity contribution is 5.82. The Morgan fingerprint density at radius 3 is 2.44 bits per heavy atom. The maximum Gasteiger partial charge on any atom is 0.373 e. The summed E-state index contributed by atoms with van der Waals surface area (Å²) in [7, 11) is 0. The number of nitrogens with zero attached hydrogens (tertiary/aromatic N) is 2. The van der Waals surface area contributed by atoms with Crippen molar-refractivity contribution >= 4 is 5.97 Å². The average molecular weight is 123 g/mol. The van der Waals surface area contributed by atoms with E-state index in [1.807, 2.05) is 0 Å². The lowest BCUT2D eigenvalue weighted by Gasteiger charge is -1.85. The molecule has 0 unspecified atom stereocenters. The van der Waals surface area contributed by atoms with Crippen LogP contribution in [0.5, 0.6) is 0 Å². The average Bonchev–Trinajstić information content (AvgIpc) is 1.90. The summed E-state index contributed by atoms with van der Waals surface area (Å²) in [6, 6.07) is 2.50. The molecule has 45 valence electrons. The van der Waals surface area contributed by atoms with Gasteiger partial charge in [-0.05, 0) is 0 Å². The zero-order valence-electron chi connectivity index (χ0n) is 4.40. The lowest BCUT2D eigenvalue weighted by atomic mass is 10.6. The maximum atomic E-state index is 10.1. The van der Waals surface area contributed by atoms with E-state index in [0.29, 0.717) is 0 Å². The second kappa shape index (κ2) is 2.21. The molecule has 0 saturated heterocycles. The van der Waals surface area contributed by atoms with Crippen LogP contribution in [0.1, 0.15) is 10.6 Å². The van der Waals surface area contributed by atoms with Crippen molar-refractivity contribution in [3.63, 3.8) is 0 Å². The highest BCUT2D eigenvalue weighted by Gasteiger charge is 2.01. The largest absolute Gasteiger partial charge is 0.475 e. The summed E-state index contributed by atoms with van der Waals surface area (Å²) >= 11 is 0. The predicted molar refractivity (Wildman–Crippen MR) is 27.8 cm³/mol. The van der Waals surface area contributed by atoms with Crippen LogP contribution in [0.15, 0.2) is 12.4 Å². The van der Waals surface area contributed by atoms with E-state index in [9.17, 15) is 4.79 Å². The normalized spacial score (nSPS) is 8.89. The molecule has 0 aliphatic rings. The number of aromatic carboxylic acids is 1. The van der Waals surface area contributed by atoms with Crippen molar-refractivity contribution in [3.05, 3.63) is 24.3 Å². The fourth-order valence-electron chi connectivity index (χ4n) is 0.374. The molecule has 0 bridgehead atoms. The van der Waals surface area contributed by atoms with Gasteiger partial charge in [0, 0.05) is 18.5 Å². The van der Waals surface area contributed by atoms with Gasteiger partial charge in [-0.2, -0.15) is 0 Å². The van der Waals surface area contributed by atoms with Crippen LogP contribution in [0.25, 0.3) is 0 Å². The van der Waals surface area contributed by atoms with Crippen LogP contribution >= 0.6 is 0 Å². The Labute approximate surface area is 51.2 Å². The minimum atomic E-state index is -1.12. The van der Waals surface area contributed by atoms with Crippen molar-refractivity contribution in [1.82, 2.24) is 9.97 Å². The van der Waals surface area contributed by atoms with E-state index in [2.05, 4.69) is 16.0 Å². The lowest BCUT2D eigenvalue weighted by molar-refractivity contribution is 0.0683. The molecule has 0 fully saturated rings. The van der Waals surface area contributed by atoms with Crippen LogP contribution in [0.3, 0.4) is 0 Å². The maximum absolute atomic E-state index is 10.1. The van der Waals surface area contributed by atoms with Crippen molar-refractivity contribution < 1.29 is 9.90 Å². The Hall–Kier alpha value is -1.45. The standard InChI is InChI=1S/C5H3N2O2/c8-5(9)4-6-2-1-3-7-4/h2-3H,(H,8,9). The molecule has 0 aliphatic heterocycles. The highest BCUT2D eigenvalue weighted by atomic mass is 16.4. The van der Waals surface area contributed by atoms with Crippen LogP contribution in [-0.4, -0.2) is 21.0 Å². The number of carboxylic acid groups (broad SMARTS) is 1. The molecule has 9 heavy (non-hydrogen) atoms. The van der Waals surface area contributed by atoms with Crippen LogP contribution < -0.4 is 0 Å². The Morgan fingerprint density at radius 2 is 2.11 bits per heavy atom. The van der Waals surface area contributed by atoms with Crippen LogP contribution in [0, 0.1) is 6.07 Å². The Bertz CT molecular complexity index is 209. The number of aromatic nitrogens is 2. The van der Waals surface area contributed by atoms with E-state index in [-0.39, 0.29) is 5.82 Å². The van der Waals surface area contributed by atoms with E-state index in [1.54, 1.807) is 0 Å². The number of carbonyl (C=O) groups is 1. The van der Waals surface area contributed by atoms with Crippen molar-refractivity contribution in [2.45, 2.75) is 0 Å². The van der Waals surface area contributed by atoms with Gasteiger partial charge in [0.05, 0.1) is 0 Å². The fraction of sp³-hybridized carbons (Fsp3) is 0. The molecule has 0 atom stereocenters. The molecular formula is C5H3N2O2. The van der Waals surface area contributed by atoms with Crippen molar-refractivity contribution in [1.29, 1.82) is 0 Å². The number of hydrogen-bond donors (Lipinski definition) is 1. The fourth-order valence-corrected chi connectivity index (χ4v) is 0.374. The van der Waals surface area contributed by atoms with Crippen molar-refractivity contribution in [3.8, 4) is 0 Å². The highest BCUT2D eigenvalue weighted by Crippen LogP contribution is 1.83. The van der Waals surface area contributed by atoms with Crippen molar-refractivity contribution in [2.24, 2.45) is 0 Å². The summed E-state index contributed by atoms with van der Waals surface area (Å²) in [5.74, 6) is -1.32. The van der Waals surface area contributed by atoms with Gasteiger partial charge in [0.1, 0.15) is 0 Å². The molecular weight excluding hydrogens is 120 g/mol. The lowest BCUT2D eigenvalue weighted by Crippen LogP contribution is -2.01. The van der Waals surface area contributed by atoms with E-state index < -0.39 is 5.97 Å². The molecule has 1 radical (unpaired) electrons. The monoisotopic (exact) mass is 123 g/mol. The first-order valence-corrected chi connectivity index (χ1v) is 2.22. The van der Waals surface area contributed by atoms with Crippen LogP contribution in [-0.2, 0) is 0 Å². The second-order valence-electron chi connectivity index (χ2n) is 1.31. The molecule has 1 aromatic rings. The Balaban J connectivity index is 2.98. The third-order valence-corrected chi connectivity index (χ3v) is 0.714. The number of carboxylic acids is 1. The first kappa shape index (κ1) is 5.68. The smallest absolute Gasteiger partial charge is 0.373 e. The van der Waals surface area contributed by atoms with Gasteiger partial charge in [-0.3, -0.25) is 0 Å². The molecule has 1 rings (SSSR count). The van der Waals surface area contributed by atoms with Gasteiger partial charge in [-0.1, -0.05) is 0 Å². The topological polar surface area (TPSA) is 63.1 Å². The Kier molecular flexibility index (Phi) is 1.40. The van der Waals surface area contributed by atoms with Gasteiger partial charge in [0.15, 0.2) is 0 Å². The summed E-state index contributed by atoms with van der Waals surface area (Å²) in [5.41, 5.74) is 0. The van der Waals surface area contributed by atoms with Gasteiger partial charge in [0.25, 0.3) is 0 Å². The van der Waals surface area contributed by atoms with Gasteiger partial charge in [0.2, 0.25) is 5.82 Å². The number of rotatable bonds is 1. The third-order valence-electron chi connectivity index (χ3n) is 0.714. The molecule has 4 nitrogen and oxygen atoms in total. The van der Waals surface area contributed by atoms with E-state index in [0.717, 1.165) is 0 Å². The number of hydrogen-bond acceptors (Lipinski definition) is 3. The summed E-state index contributed by atoms with van der Waals surface area (Å²) in [5, 5.41) is 8.25. The molecule has 1 heterocycles.